The van der Waals surface area contributed by atoms with Gasteiger partial charge in [-0.1, -0.05) is 0 Å². The van der Waals surface area contributed by atoms with E-state index in [4.69, 9.17) is 0 Å². The predicted molar refractivity (Wildman–Crippen MR) is 93.3 cm³/mol. The van der Waals surface area contributed by atoms with Crippen LogP contribution in [0.2, 0.25) is 0 Å². The Morgan fingerprint density at radius 1 is 1.04 bits per heavy atom. The van der Waals surface area contributed by atoms with Crippen LogP contribution in [-0.2, 0) is 4.79 Å². The van der Waals surface area contributed by atoms with E-state index in [0.29, 0.717) is 5.70 Å². The SMILES string of the molecule is Cc1ccc(N2C(=O)C(=Cc3ccc(O)cc3)N(C)C2=[Se])cc1. The van der Waals surface area contributed by atoms with Crippen molar-refractivity contribution in [3.63, 3.8) is 0 Å². The van der Waals surface area contributed by atoms with Gasteiger partial charge in [-0.05, 0) is 0 Å². The molecule has 0 aromatic heterocycles. The van der Waals surface area contributed by atoms with Crippen LogP contribution in [0.25, 0.3) is 6.08 Å². The molecule has 2 aromatic carbocycles. The first kappa shape index (κ1) is 15.5. The Balaban J connectivity index is 1.97. The van der Waals surface area contributed by atoms with Crippen molar-refractivity contribution >= 4 is 37.9 Å². The summed E-state index contributed by atoms with van der Waals surface area (Å²) >= 11 is 2.97. The number of anilines is 1. The maximum absolute atomic E-state index is 12.8. The number of nitrogens with zero attached hydrogens (tertiary/aromatic N) is 2. The van der Waals surface area contributed by atoms with Crippen molar-refractivity contribution in [3.8, 4) is 5.75 Å². The third-order valence-electron chi connectivity index (χ3n) is 3.75. The summed E-state index contributed by atoms with van der Waals surface area (Å²) in [7, 11) is 1.85. The van der Waals surface area contributed by atoms with Gasteiger partial charge in [-0.2, -0.15) is 0 Å². The van der Waals surface area contributed by atoms with Crippen molar-refractivity contribution in [1.29, 1.82) is 0 Å². The van der Waals surface area contributed by atoms with Crippen LogP contribution in [-0.4, -0.2) is 43.2 Å². The molecule has 1 aliphatic rings. The molecule has 3 rings (SSSR count). The summed E-state index contributed by atoms with van der Waals surface area (Å²) in [6, 6.07) is 14.6. The molecule has 1 saturated heterocycles. The van der Waals surface area contributed by atoms with E-state index in [1.54, 1.807) is 29.2 Å². The summed E-state index contributed by atoms with van der Waals surface area (Å²) in [4.78, 5) is 16.3. The number of carbonyl (C=O) groups is 1. The van der Waals surface area contributed by atoms with Crippen LogP contribution >= 0.6 is 0 Å². The number of phenolic OH excluding ortho intramolecular Hbond substituents is 1. The quantitative estimate of drug-likeness (QED) is 0.651. The van der Waals surface area contributed by atoms with Crippen LogP contribution in [0.1, 0.15) is 11.1 Å². The zero-order valence-electron chi connectivity index (χ0n) is 12.9. The van der Waals surface area contributed by atoms with E-state index >= 15 is 0 Å². The van der Waals surface area contributed by atoms with Gasteiger partial charge in [0.15, 0.2) is 0 Å². The first-order valence-corrected chi connectivity index (χ1v) is 8.02. The van der Waals surface area contributed by atoms with Crippen molar-refractivity contribution in [3.05, 3.63) is 65.4 Å². The minimum absolute atomic E-state index is 0.0850. The number of benzene rings is 2. The van der Waals surface area contributed by atoms with Gasteiger partial charge in [-0.25, -0.2) is 0 Å². The van der Waals surface area contributed by atoms with Gasteiger partial charge in [0.05, 0.1) is 0 Å². The average molecular weight is 371 g/mol. The van der Waals surface area contributed by atoms with Gasteiger partial charge in [0.25, 0.3) is 0 Å². The third-order valence-corrected chi connectivity index (χ3v) is 4.71. The Labute approximate surface area is 143 Å². The second kappa shape index (κ2) is 6.03. The van der Waals surface area contributed by atoms with Crippen molar-refractivity contribution in [2.24, 2.45) is 0 Å². The fourth-order valence-electron chi connectivity index (χ4n) is 2.41. The molecule has 116 valence electrons. The van der Waals surface area contributed by atoms with Gasteiger partial charge in [0.1, 0.15) is 0 Å². The number of hydrogen-bond acceptors (Lipinski definition) is 3. The van der Waals surface area contributed by atoms with Crippen molar-refractivity contribution in [2.45, 2.75) is 6.92 Å². The van der Waals surface area contributed by atoms with Crippen molar-refractivity contribution in [2.75, 3.05) is 11.9 Å². The van der Waals surface area contributed by atoms with Gasteiger partial charge in [0, 0.05) is 0 Å². The molecule has 1 amide bonds. The summed E-state index contributed by atoms with van der Waals surface area (Å²) in [6.45, 7) is 2.01. The van der Waals surface area contributed by atoms with E-state index < -0.39 is 0 Å². The molecule has 0 unspecified atom stereocenters. The van der Waals surface area contributed by atoms with Crippen molar-refractivity contribution in [1.82, 2.24) is 4.90 Å². The molecule has 23 heavy (non-hydrogen) atoms. The number of phenols is 1. The fraction of sp³-hybridized carbons (Fsp3) is 0.111. The second-order valence-corrected chi connectivity index (χ2v) is 6.20. The summed E-state index contributed by atoms with van der Waals surface area (Å²) in [5.41, 5.74) is 3.41. The summed E-state index contributed by atoms with van der Waals surface area (Å²) in [5.74, 6) is 0.119. The zero-order chi connectivity index (χ0) is 16.6. The van der Waals surface area contributed by atoms with Crippen LogP contribution in [0.4, 0.5) is 5.69 Å². The molecule has 1 heterocycles. The van der Waals surface area contributed by atoms with Crippen LogP contribution < -0.4 is 4.90 Å². The van der Waals surface area contributed by atoms with Crippen LogP contribution in [0.3, 0.4) is 0 Å². The number of carbonyl (C=O) groups excluding carboxylic acids is 1. The number of aromatic hydroxyl groups is 1. The van der Waals surface area contributed by atoms with E-state index in [2.05, 4.69) is 15.6 Å². The molecule has 1 N–H and O–H groups in total. The van der Waals surface area contributed by atoms with Gasteiger partial charge in [-0.15, -0.1) is 0 Å². The Bertz CT molecular complexity index is 795. The van der Waals surface area contributed by atoms with Crippen LogP contribution in [0.5, 0.6) is 5.75 Å². The molecular formula is C18H16N2O2Se. The molecule has 1 aliphatic heterocycles. The minimum atomic E-state index is -0.0850. The molecule has 0 saturated carbocycles. The number of aryl methyl sites for hydroxylation is 1. The number of amides is 1. The van der Waals surface area contributed by atoms with Crippen molar-refractivity contribution < 1.29 is 9.90 Å². The predicted octanol–water partition coefficient (Wildman–Crippen LogP) is 2.28. The van der Waals surface area contributed by atoms with Gasteiger partial charge >= 0.3 is 143 Å². The molecule has 0 atom stereocenters. The van der Waals surface area contributed by atoms with E-state index in [9.17, 15) is 9.90 Å². The molecule has 0 bridgehead atoms. The van der Waals surface area contributed by atoms with E-state index in [0.717, 1.165) is 21.5 Å². The average Bonchev–Trinajstić information content (AvgIpc) is 2.74. The first-order valence-electron chi connectivity index (χ1n) is 7.17. The molecule has 4 nitrogen and oxygen atoms in total. The number of likely N-dealkylation sites (N-methyl/N-ethyl adjacent to an activating group) is 1. The Hall–Kier alpha value is -2.36. The standard InChI is InChI=1S/C18H16N2O2Se/c1-12-3-7-14(8-4-12)20-17(22)16(19(2)18(20)23)11-13-5-9-15(21)10-6-13/h3-11,21H,1-2H3. The molecular weight excluding hydrogens is 355 g/mol. The molecule has 0 aliphatic carbocycles. The summed E-state index contributed by atoms with van der Waals surface area (Å²) in [5, 5.41) is 9.36. The van der Waals surface area contributed by atoms with Crippen LogP contribution in [0.15, 0.2) is 54.2 Å². The Morgan fingerprint density at radius 3 is 2.26 bits per heavy atom. The van der Waals surface area contributed by atoms with E-state index in [1.807, 2.05) is 49.2 Å². The normalized spacial score (nSPS) is 16.5. The topological polar surface area (TPSA) is 43.8 Å². The maximum atomic E-state index is 12.8. The monoisotopic (exact) mass is 372 g/mol. The van der Waals surface area contributed by atoms with Gasteiger partial charge in [0.2, 0.25) is 0 Å². The number of hydrogen-bond donors (Lipinski definition) is 1. The molecule has 0 spiro atoms. The summed E-state index contributed by atoms with van der Waals surface area (Å²) < 4.78 is 0.740. The molecule has 1 fully saturated rings. The molecule has 0 radical (unpaired) electrons. The second-order valence-electron chi connectivity index (χ2n) is 5.44. The number of rotatable bonds is 2. The fourth-order valence-corrected chi connectivity index (χ4v) is 3.01. The molecule has 2 aromatic rings. The van der Waals surface area contributed by atoms with Crippen LogP contribution in [0, 0.1) is 6.92 Å². The molecule has 5 heteroatoms. The first-order chi connectivity index (χ1) is 11.0. The van der Waals surface area contributed by atoms with Gasteiger partial charge in [-0.3, -0.25) is 0 Å². The zero-order valence-corrected chi connectivity index (χ0v) is 14.6. The third kappa shape index (κ3) is 2.93. The Kier molecular flexibility index (Phi) is 4.07. The summed E-state index contributed by atoms with van der Waals surface area (Å²) in [6.07, 6.45) is 1.81. The Morgan fingerprint density at radius 2 is 1.65 bits per heavy atom. The van der Waals surface area contributed by atoms with E-state index in [-0.39, 0.29) is 11.7 Å². The van der Waals surface area contributed by atoms with Gasteiger partial charge < -0.3 is 0 Å². The van der Waals surface area contributed by atoms with E-state index in [1.165, 1.54) is 0 Å².